The van der Waals surface area contributed by atoms with Crippen molar-refractivity contribution in [2.45, 2.75) is 11.8 Å². The van der Waals surface area contributed by atoms with E-state index in [2.05, 4.69) is 53.5 Å². The third kappa shape index (κ3) is 1.27. The van der Waals surface area contributed by atoms with Crippen molar-refractivity contribution in [2.24, 2.45) is 5.92 Å². The van der Waals surface area contributed by atoms with Crippen molar-refractivity contribution in [1.82, 2.24) is 9.88 Å². The molecular weight excluding hydrogens is 208 g/mol. The molecular formula is C15H16N2. The van der Waals surface area contributed by atoms with Gasteiger partial charge in [-0.3, -0.25) is 4.98 Å². The molecule has 2 aliphatic rings. The molecule has 1 saturated carbocycles. The van der Waals surface area contributed by atoms with Crippen LogP contribution in [0.15, 0.2) is 36.5 Å². The molecule has 2 fully saturated rings. The largest absolute Gasteiger partial charge is 0.305 e. The second-order valence-corrected chi connectivity index (χ2v) is 5.67. The van der Waals surface area contributed by atoms with Crippen molar-refractivity contribution in [3.63, 3.8) is 0 Å². The number of likely N-dealkylation sites (N-methyl/N-ethyl adjacent to an activating group) is 1. The van der Waals surface area contributed by atoms with Gasteiger partial charge in [0.05, 0.1) is 5.52 Å². The number of nitrogens with zero attached hydrogens (tertiary/aromatic N) is 2. The molecule has 2 heteroatoms. The molecule has 0 spiro atoms. The highest BCUT2D eigenvalue weighted by molar-refractivity contribution is 5.79. The smallest absolute Gasteiger partial charge is 0.0702 e. The number of likely N-dealkylation sites (tertiary alicyclic amines) is 1. The van der Waals surface area contributed by atoms with Gasteiger partial charge >= 0.3 is 0 Å². The van der Waals surface area contributed by atoms with Gasteiger partial charge in [0, 0.05) is 30.1 Å². The Hall–Kier alpha value is -1.41. The van der Waals surface area contributed by atoms with Crippen LogP contribution >= 0.6 is 0 Å². The molecule has 1 saturated heterocycles. The fourth-order valence-corrected chi connectivity index (χ4v) is 3.52. The van der Waals surface area contributed by atoms with E-state index in [1.54, 1.807) is 0 Å². The van der Waals surface area contributed by atoms with Crippen LogP contribution in [-0.4, -0.2) is 30.0 Å². The van der Waals surface area contributed by atoms with Crippen LogP contribution in [0.2, 0.25) is 0 Å². The number of hydrogen-bond donors (Lipinski definition) is 0. The third-order valence-corrected chi connectivity index (χ3v) is 4.48. The van der Waals surface area contributed by atoms with Gasteiger partial charge in [-0.05, 0) is 37.1 Å². The van der Waals surface area contributed by atoms with Gasteiger partial charge in [-0.2, -0.15) is 0 Å². The highest BCUT2D eigenvalue weighted by Gasteiger charge is 2.60. The molecule has 1 aromatic heterocycles. The molecule has 2 unspecified atom stereocenters. The molecule has 2 heterocycles. The summed E-state index contributed by atoms with van der Waals surface area (Å²) in [7, 11) is 2.22. The van der Waals surface area contributed by atoms with E-state index in [0.717, 1.165) is 11.4 Å². The first-order valence-corrected chi connectivity index (χ1v) is 6.32. The zero-order valence-electron chi connectivity index (χ0n) is 10.1. The Morgan fingerprint density at radius 1 is 1.35 bits per heavy atom. The highest BCUT2D eigenvalue weighted by atomic mass is 15.2. The van der Waals surface area contributed by atoms with Gasteiger partial charge in [0.25, 0.3) is 0 Å². The Bertz CT molecular complexity index is 592. The lowest BCUT2D eigenvalue weighted by molar-refractivity contribution is 0.363. The molecule has 1 aliphatic carbocycles. The van der Waals surface area contributed by atoms with Gasteiger partial charge in [0.1, 0.15) is 0 Å². The molecule has 2 nitrogen and oxygen atoms in total. The summed E-state index contributed by atoms with van der Waals surface area (Å²) in [6.07, 6.45) is 3.46. The normalized spacial score (nSPS) is 31.7. The van der Waals surface area contributed by atoms with Crippen molar-refractivity contribution in [2.75, 3.05) is 20.1 Å². The lowest BCUT2D eigenvalue weighted by Crippen LogP contribution is -2.22. The summed E-state index contributed by atoms with van der Waals surface area (Å²) in [5.74, 6) is 0.871. The molecule has 0 amide bonds. The second-order valence-electron chi connectivity index (χ2n) is 5.67. The minimum atomic E-state index is 0.436. The molecule has 4 rings (SSSR count). The number of piperidine rings is 1. The number of para-hydroxylation sites is 1. The maximum Gasteiger partial charge on any atom is 0.0702 e. The minimum absolute atomic E-state index is 0.436. The van der Waals surface area contributed by atoms with E-state index in [1.807, 2.05) is 0 Å². The summed E-state index contributed by atoms with van der Waals surface area (Å²) in [6, 6.07) is 10.7. The van der Waals surface area contributed by atoms with Crippen LogP contribution in [0.1, 0.15) is 12.0 Å². The van der Waals surface area contributed by atoms with Gasteiger partial charge < -0.3 is 4.90 Å². The second kappa shape index (κ2) is 3.08. The van der Waals surface area contributed by atoms with Crippen LogP contribution in [-0.2, 0) is 5.41 Å². The third-order valence-electron chi connectivity index (χ3n) is 4.48. The van der Waals surface area contributed by atoms with Gasteiger partial charge in [-0.15, -0.1) is 0 Å². The number of pyridine rings is 1. The van der Waals surface area contributed by atoms with Gasteiger partial charge in [-0.25, -0.2) is 0 Å². The quantitative estimate of drug-likeness (QED) is 0.739. The molecule has 17 heavy (non-hydrogen) atoms. The van der Waals surface area contributed by atoms with E-state index in [9.17, 15) is 0 Å². The first-order chi connectivity index (χ1) is 8.28. The van der Waals surface area contributed by atoms with Crippen molar-refractivity contribution in [3.8, 4) is 0 Å². The summed E-state index contributed by atoms with van der Waals surface area (Å²) in [5.41, 5.74) is 2.99. The predicted molar refractivity (Wildman–Crippen MR) is 69.0 cm³/mol. The number of benzene rings is 1. The molecule has 0 radical (unpaired) electrons. The van der Waals surface area contributed by atoms with Gasteiger partial charge in [-0.1, -0.05) is 18.2 Å². The number of rotatable bonds is 1. The lowest BCUT2D eigenvalue weighted by atomic mass is 9.95. The van der Waals surface area contributed by atoms with Crippen molar-refractivity contribution >= 4 is 10.9 Å². The first-order valence-electron chi connectivity index (χ1n) is 6.32. The maximum absolute atomic E-state index is 4.60. The Kier molecular flexibility index (Phi) is 1.74. The van der Waals surface area contributed by atoms with Crippen LogP contribution < -0.4 is 0 Å². The number of hydrogen-bond acceptors (Lipinski definition) is 2. The first kappa shape index (κ1) is 9.60. The predicted octanol–water partition coefficient (Wildman–Crippen LogP) is 2.44. The van der Waals surface area contributed by atoms with E-state index in [1.165, 1.54) is 30.5 Å². The maximum atomic E-state index is 4.60. The van der Waals surface area contributed by atoms with Crippen molar-refractivity contribution < 1.29 is 0 Å². The summed E-state index contributed by atoms with van der Waals surface area (Å²) in [4.78, 5) is 7.05. The summed E-state index contributed by atoms with van der Waals surface area (Å²) in [6.45, 7) is 2.46. The van der Waals surface area contributed by atoms with E-state index < -0.39 is 0 Å². The number of aromatic nitrogens is 1. The Morgan fingerprint density at radius 3 is 3.06 bits per heavy atom. The highest BCUT2D eigenvalue weighted by Crippen LogP contribution is 2.58. The topological polar surface area (TPSA) is 16.1 Å². The van der Waals surface area contributed by atoms with E-state index in [0.29, 0.717) is 5.41 Å². The van der Waals surface area contributed by atoms with Crippen LogP contribution in [0.3, 0.4) is 0 Å². The van der Waals surface area contributed by atoms with Crippen LogP contribution in [0.5, 0.6) is 0 Å². The van der Waals surface area contributed by atoms with E-state index in [-0.39, 0.29) is 0 Å². The van der Waals surface area contributed by atoms with E-state index in [4.69, 9.17) is 0 Å². The standard InChI is InChI=1S/C15H16N2/c1-17-9-13-7-15(13,10-17)12-6-11-4-2-3-5-14(11)16-8-12/h2-6,8,13H,7,9-10H2,1H3. The molecule has 86 valence electrons. The van der Waals surface area contributed by atoms with Crippen LogP contribution in [0, 0.1) is 5.92 Å². The summed E-state index contributed by atoms with van der Waals surface area (Å²) < 4.78 is 0. The molecule has 2 atom stereocenters. The Labute approximate surface area is 101 Å². The Morgan fingerprint density at radius 2 is 2.24 bits per heavy atom. The molecule has 0 N–H and O–H groups in total. The summed E-state index contributed by atoms with van der Waals surface area (Å²) >= 11 is 0. The van der Waals surface area contributed by atoms with Crippen molar-refractivity contribution in [3.05, 3.63) is 42.1 Å². The fraction of sp³-hybridized carbons (Fsp3) is 0.400. The van der Waals surface area contributed by atoms with E-state index >= 15 is 0 Å². The average Bonchev–Trinajstić information content (AvgIpc) is 2.93. The van der Waals surface area contributed by atoms with Gasteiger partial charge in [0.2, 0.25) is 0 Å². The lowest BCUT2D eigenvalue weighted by Gasteiger charge is -2.16. The fourth-order valence-electron chi connectivity index (χ4n) is 3.52. The Balaban J connectivity index is 1.82. The molecule has 1 aromatic carbocycles. The molecule has 0 bridgehead atoms. The zero-order chi connectivity index (χ0) is 11.5. The average molecular weight is 224 g/mol. The van der Waals surface area contributed by atoms with Crippen LogP contribution in [0.25, 0.3) is 10.9 Å². The molecule has 1 aliphatic heterocycles. The monoisotopic (exact) mass is 224 g/mol. The number of fused-ring (bicyclic) bond motifs is 2. The SMILES string of the molecule is CN1CC2CC2(c2cnc3ccccc3c2)C1. The minimum Gasteiger partial charge on any atom is -0.305 e. The zero-order valence-corrected chi connectivity index (χ0v) is 10.1. The molecule has 2 aromatic rings. The van der Waals surface area contributed by atoms with Crippen molar-refractivity contribution in [1.29, 1.82) is 0 Å². The van der Waals surface area contributed by atoms with Crippen LogP contribution in [0.4, 0.5) is 0 Å². The summed E-state index contributed by atoms with van der Waals surface area (Å²) in [5, 5.41) is 1.28. The van der Waals surface area contributed by atoms with Gasteiger partial charge in [0.15, 0.2) is 0 Å².